The van der Waals surface area contributed by atoms with Gasteiger partial charge in [-0.1, -0.05) is 28.1 Å². The molecule has 0 spiro atoms. The van der Waals surface area contributed by atoms with Gasteiger partial charge in [-0.15, -0.1) is 0 Å². The molecular weight excluding hydrogens is 328 g/mol. The van der Waals surface area contributed by atoms with Crippen LogP contribution >= 0.6 is 15.9 Å². The highest BCUT2D eigenvalue weighted by molar-refractivity contribution is 9.10. The van der Waals surface area contributed by atoms with Gasteiger partial charge in [0.25, 0.3) is 0 Å². The van der Waals surface area contributed by atoms with Gasteiger partial charge in [-0.05, 0) is 48.0 Å². The molecule has 0 N–H and O–H groups in total. The highest BCUT2D eigenvalue weighted by atomic mass is 79.9. The van der Waals surface area contributed by atoms with E-state index in [1.54, 1.807) is 7.11 Å². The summed E-state index contributed by atoms with van der Waals surface area (Å²) in [7, 11) is 3.63. The van der Waals surface area contributed by atoms with Gasteiger partial charge in [0.1, 0.15) is 5.75 Å². The van der Waals surface area contributed by atoms with E-state index >= 15 is 0 Å². The van der Waals surface area contributed by atoms with Crippen molar-refractivity contribution in [3.05, 3.63) is 59.1 Å². The maximum atomic E-state index is 5.18. The molecular formula is C17H15BrN2O. The van der Waals surface area contributed by atoms with Crippen LogP contribution in [0.2, 0.25) is 0 Å². The number of aromatic nitrogens is 2. The van der Waals surface area contributed by atoms with Gasteiger partial charge >= 0.3 is 0 Å². The molecule has 0 saturated carbocycles. The first-order valence-corrected chi connectivity index (χ1v) is 7.41. The molecule has 0 fully saturated rings. The summed E-state index contributed by atoms with van der Waals surface area (Å²) in [5, 5.41) is 4.60. The van der Waals surface area contributed by atoms with Crippen molar-refractivity contribution in [3.63, 3.8) is 0 Å². The van der Waals surface area contributed by atoms with Crippen molar-refractivity contribution in [1.29, 1.82) is 0 Å². The van der Waals surface area contributed by atoms with Gasteiger partial charge in [0, 0.05) is 17.1 Å². The highest BCUT2D eigenvalue weighted by Crippen LogP contribution is 2.27. The van der Waals surface area contributed by atoms with Crippen molar-refractivity contribution in [1.82, 2.24) is 9.78 Å². The van der Waals surface area contributed by atoms with Crippen LogP contribution in [0.5, 0.6) is 5.75 Å². The average Bonchev–Trinajstić information content (AvgIpc) is 2.90. The first-order chi connectivity index (χ1) is 10.2. The van der Waals surface area contributed by atoms with Crippen molar-refractivity contribution >= 4 is 15.9 Å². The van der Waals surface area contributed by atoms with Crippen LogP contribution in [0.1, 0.15) is 0 Å². The second kappa shape index (κ2) is 5.74. The van der Waals surface area contributed by atoms with Crippen molar-refractivity contribution in [2.45, 2.75) is 0 Å². The quantitative estimate of drug-likeness (QED) is 0.699. The van der Waals surface area contributed by atoms with Crippen LogP contribution in [0.3, 0.4) is 0 Å². The zero-order chi connectivity index (χ0) is 14.8. The molecule has 0 amide bonds. The van der Waals surface area contributed by atoms with Gasteiger partial charge in [-0.3, -0.25) is 4.68 Å². The van der Waals surface area contributed by atoms with Crippen molar-refractivity contribution in [2.24, 2.45) is 7.05 Å². The minimum Gasteiger partial charge on any atom is -0.497 e. The molecule has 21 heavy (non-hydrogen) atoms. The summed E-state index contributed by atoms with van der Waals surface area (Å²) in [4.78, 5) is 0. The van der Waals surface area contributed by atoms with Crippen LogP contribution < -0.4 is 4.74 Å². The van der Waals surface area contributed by atoms with Crippen LogP contribution in [0.15, 0.2) is 59.1 Å². The largest absolute Gasteiger partial charge is 0.497 e. The summed E-state index contributed by atoms with van der Waals surface area (Å²) < 4.78 is 8.16. The van der Waals surface area contributed by atoms with E-state index in [-0.39, 0.29) is 0 Å². The van der Waals surface area contributed by atoms with Gasteiger partial charge in [-0.25, -0.2) is 0 Å². The molecule has 0 bridgehead atoms. The summed E-state index contributed by atoms with van der Waals surface area (Å²) in [6.07, 6.45) is 0. The Morgan fingerprint density at radius 3 is 2.19 bits per heavy atom. The topological polar surface area (TPSA) is 27.1 Å². The molecule has 0 atom stereocenters. The number of methoxy groups -OCH3 is 1. The maximum absolute atomic E-state index is 5.18. The lowest BCUT2D eigenvalue weighted by molar-refractivity contribution is 0.415. The van der Waals surface area contributed by atoms with Crippen LogP contribution in [0, 0.1) is 0 Å². The Hall–Kier alpha value is -2.07. The molecule has 3 aromatic rings. The molecule has 3 nitrogen and oxygen atoms in total. The fraction of sp³-hybridized carbons (Fsp3) is 0.118. The summed E-state index contributed by atoms with van der Waals surface area (Å²) in [5.74, 6) is 0.850. The van der Waals surface area contributed by atoms with E-state index in [0.717, 1.165) is 32.7 Å². The lowest BCUT2D eigenvalue weighted by Crippen LogP contribution is -1.93. The van der Waals surface area contributed by atoms with Crippen LogP contribution in [-0.2, 0) is 7.05 Å². The highest BCUT2D eigenvalue weighted by Gasteiger charge is 2.09. The SMILES string of the molecule is COc1ccc(-c2cc(-c3ccc(Br)cc3)n(C)n2)cc1. The molecule has 0 unspecified atom stereocenters. The van der Waals surface area contributed by atoms with E-state index in [1.807, 2.05) is 48.1 Å². The normalized spacial score (nSPS) is 10.6. The Morgan fingerprint density at radius 1 is 0.952 bits per heavy atom. The molecule has 0 aliphatic rings. The number of ether oxygens (including phenoxy) is 1. The molecule has 1 aromatic heterocycles. The molecule has 4 heteroatoms. The number of hydrogen-bond acceptors (Lipinski definition) is 2. The maximum Gasteiger partial charge on any atom is 0.118 e. The smallest absolute Gasteiger partial charge is 0.118 e. The third-order valence-corrected chi connectivity index (χ3v) is 3.93. The minimum absolute atomic E-state index is 0.850. The minimum atomic E-state index is 0.850. The second-order valence-electron chi connectivity index (χ2n) is 4.77. The van der Waals surface area contributed by atoms with E-state index < -0.39 is 0 Å². The molecule has 106 valence electrons. The third kappa shape index (κ3) is 2.85. The van der Waals surface area contributed by atoms with Gasteiger partial charge in [0.2, 0.25) is 0 Å². The molecule has 0 aliphatic carbocycles. The number of aryl methyl sites for hydroxylation is 1. The Labute approximate surface area is 132 Å². The summed E-state index contributed by atoms with van der Waals surface area (Å²) >= 11 is 3.46. The standard InChI is InChI=1S/C17H15BrN2O/c1-20-17(13-3-7-14(18)8-4-13)11-16(19-20)12-5-9-15(21-2)10-6-12/h3-11H,1-2H3. The van der Waals surface area contributed by atoms with Gasteiger partial charge in [0.05, 0.1) is 18.5 Å². The Kier molecular flexibility index (Phi) is 3.80. The number of halogens is 1. The monoisotopic (exact) mass is 342 g/mol. The van der Waals surface area contributed by atoms with Crippen LogP contribution in [0.25, 0.3) is 22.5 Å². The summed E-state index contributed by atoms with van der Waals surface area (Å²) in [5.41, 5.74) is 4.27. The average molecular weight is 343 g/mol. The molecule has 2 aromatic carbocycles. The van der Waals surface area contributed by atoms with E-state index in [2.05, 4.69) is 39.2 Å². The van der Waals surface area contributed by atoms with E-state index in [4.69, 9.17) is 4.74 Å². The molecule has 3 rings (SSSR count). The second-order valence-corrected chi connectivity index (χ2v) is 5.69. The van der Waals surface area contributed by atoms with Crippen molar-refractivity contribution in [3.8, 4) is 28.3 Å². The Bertz CT molecular complexity index is 745. The zero-order valence-corrected chi connectivity index (χ0v) is 13.5. The molecule has 0 aliphatic heterocycles. The predicted octanol–water partition coefficient (Wildman–Crippen LogP) is 4.53. The number of nitrogens with zero attached hydrogens (tertiary/aromatic N) is 2. The van der Waals surface area contributed by atoms with E-state index in [1.165, 1.54) is 0 Å². The third-order valence-electron chi connectivity index (χ3n) is 3.41. The molecule has 0 radical (unpaired) electrons. The van der Waals surface area contributed by atoms with Gasteiger partial charge < -0.3 is 4.74 Å². The van der Waals surface area contributed by atoms with Crippen molar-refractivity contribution in [2.75, 3.05) is 7.11 Å². The number of rotatable bonds is 3. The predicted molar refractivity (Wildman–Crippen MR) is 88.3 cm³/mol. The molecule has 1 heterocycles. The Morgan fingerprint density at radius 2 is 1.57 bits per heavy atom. The Balaban J connectivity index is 1.98. The lowest BCUT2D eigenvalue weighted by Gasteiger charge is -2.01. The summed E-state index contributed by atoms with van der Waals surface area (Å²) in [6, 6.07) is 18.3. The van der Waals surface area contributed by atoms with E-state index in [9.17, 15) is 0 Å². The van der Waals surface area contributed by atoms with Gasteiger partial charge in [-0.2, -0.15) is 5.10 Å². The number of hydrogen-bond donors (Lipinski definition) is 0. The zero-order valence-electron chi connectivity index (χ0n) is 11.9. The first-order valence-electron chi connectivity index (χ1n) is 6.62. The van der Waals surface area contributed by atoms with Crippen LogP contribution in [0.4, 0.5) is 0 Å². The summed E-state index contributed by atoms with van der Waals surface area (Å²) in [6.45, 7) is 0. The van der Waals surface area contributed by atoms with Crippen molar-refractivity contribution < 1.29 is 4.74 Å². The van der Waals surface area contributed by atoms with Gasteiger partial charge in [0.15, 0.2) is 0 Å². The first kappa shape index (κ1) is 13.9. The van der Waals surface area contributed by atoms with E-state index in [0.29, 0.717) is 0 Å². The fourth-order valence-electron chi connectivity index (χ4n) is 2.26. The molecule has 0 saturated heterocycles. The van der Waals surface area contributed by atoms with Crippen LogP contribution in [-0.4, -0.2) is 16.9 Å². The fourth-order valence-corrected chi connectivity index (χ4v) is 2.53. The number of benzene rings is 2. The lowest BCUT2D eigenvalue weighted by atomic mass is 10.1.